The molecule has 1 fully saturated rings. The van der Waals surface area contributed by atoms with Crippen LogP contribution in [0.4, 0.5) is 11.4 Å². The highest BCUT2D eigenvalue weighted by molar-refractivity contribution is 6.04. The van der Waals surface area contributed by atoms with E-state index in [1.54, 1.807) is 37.1 Å². The van der Waals surface area contributed by atoms with Gasteiger partial charge < -0.3 is 19.3 Å². The van der Waals surface area contributed by atoms with E-state index in [4.69, 9.17) is 9.47 Å². The van der Waals surface area contributed by atoms with Gasteiger partial charge in [0.05, 0.1) is 24.8 Å². The Morgan fingerprint density at radius 1 is 1.10 bits per heavy atom. The molecule has 0 spiro atoms. The largest absolute Gasteiger partial charge is 0.497 e. The van der Waals surface area contributed by atoms with Crippen LogP contribution >= 0.6 is 0 Å². The number of hydrogen-bond donors (Lipinski definition) is 0. The maximum absolute atomic E-state index is 13.0. The van der Waals surface area contributed by atoms with Crippen molar-refractivity contribution in [2.24, 2.45) is 0 Å². The van der Waals surface area contributed by atoms with E-state index in [1.165, 1.54) is 36.3 Å². The Labute approximate surface area is 167 Å². The van der Waals surface area contributed by atoms with Crippen LogP contribution in [0.3, 0.4) is 0 Å². The maximum atomic E-state index is 13.0. The zero-order valence-electron chi connectivity index (χ0n) is 16.3. The van der Waals surface area contributed by atoms with Crippen LogP contribution < -0.4 is 14.4 Å². The Hall–Kier alpha value is -3.62. The number of anilines is 1. The molecule has 1 aliphatic heterocycles. The molecular formula is C20H21N3O6. The lowest BCUT2D eigenvalue weighted by atomic mass is 10.1. The van der Waals surface area contributed by atoms with E-state index in [9.17, 15) is 19.7 Å². The van der Waals surface area contributed by atoms with E-state index in [0.717, 1.165) is 0 Å². The third kappa shape index (κ3) is 3.84. The van der Waals surface area contributed by atoms with Gasteiger partial charge in [-0.2, -0.15) is 0 Å². The van der Waals surface area contributed by atoms with Gasteiger partial charge in [0.25, 0.3) is 11.6 Å². The quantitative estimate of drug-likeness (QED) is 0.565. The number of amides is 2. The van der Waals surface area contributed by atoms with Crippen molar-refractivity contribution >= 4 is 23.2 Å². The molecule has 0 bridgehead atoms. The molecule has 2 amide bonds. The van der Waals surface area contributed by atoms with Gasteiger partial charge in [-0.1, -0.05) is 0 Å². The number of hydrogen-bond acceptors (Lipinski definition) is 6. The second-order valence-electron chi connectivity index (χ2n) is 6.51. The lowest BCUT2D eigenvalue weighted by Gasteiger charge is -2.39. The summed E-state index contributed by atoms with van der Waals surface area (Å²) in [5.41, 5.74) is 0.806. The number of piperazine rings is 1. The van der Waals surface area contributed by atoms with Crippen molar-refractivity contribution in [3.8, 4) is 11.5 Å². The summed E-state index contributed by atoms with van der Waals surface area (Å²) in [5.74, 6) is 0.523. The average molecular weight is 399 g/mol. The van der Waals surface area contributed by atoms with Crippen LogP contribution in [0.5, 0.6) is 11.5 Å². The molecule has 0 saturated carbocycles. The molecule has 152 valence electrons. The molecule has 2 aromatic carbocycles. The topological polar surface area (TPSA) is 102 Å². The van der Waals surface area contributed by atoms with Crippen LogP contribution in [-0.4, -0.2) is 55.0 Å². The molecule has 1 aliphatic rings. The second-order valence-corrected chi connectivity index (χ2v) is 6.51. The number of benzene rings is 2. The van der Waals surface area contributed by atoms with E-state index in [-0.39, 0.29) is 17.5 Å². The minimum Gasteiger partial charge on any atom is -0.497 e. The van der Waals surface area contributed by atoms with Crippen LogP contribution in [0, 0.1) is 10.1 Å². The zero-order valence-corrected chi connectivity index (χ0v) is 16.3. The summed E-state index contributed by atoms with van der Waals surface area (Å²) < 4.78 is 10.6. The molecule has 9 nitrogen and oxygen atoms in total. The van der Waals surface area contributed by atoms with E-state index in [0.29, 0.717) is 35.8 Å². The summed E-state index contributed by atoms with van der Waals surface area (Å²) >= 11 is 0. The number of rotatable bonds is 5. The molecular weight excluding hydrogens is 378 g/mol. The number of nitrogens with zero attached hydrogens (tertiary/aromatic N) is 3. The zero-order chi connectivity index (χ0) is 21.1. The van der Waals surface area contributed by atoms with Crippen molar-refractivity contribution < 1.29 is 24.0 Å². The normalized spacial score (nSPS) is 16.5. The first-order chi connectivity index (χ1) is 13.9. The molecule has 29 heavy (non-hydrogen) atoms. The summed E-state index contributed by atoms with van der Waals surface area (Å²) in [5, 5.41) is 10.8. The number of carbonyl (C=O) groups excluding carboxylic acids is 2. The minimum absolute atomic E-state index is 0.0953. The number of ether oxygens (including phenoxy) is 2. The molecule has 0 radical (unpaired) electrons. The van der Waals surface area contributed by atoms with E-state index in [2.05, 4.69) is 0 Å². The van der Waals surface area contributed by atoms with Gasteiger partial charge in [0.2, 0.25) is 5.91 Å². The Balaban J connectivity index is 1.80. The summed E-state index contributed by atoms with van der Waals surface area (Å²) in [6.07, 6.45) is 0. The highest BCUT2D eigenvalue weighted by atomic mass is 16.6. The molecule has 1 saturated heterocycles. The van der Waals surface area contributed by atoms with Gasteiger partial charge in [0, 0.05) is 36.9 Å². The van der Waals surface area contributed by atoms with Gasteiger partial charge in [-0.05, 0) is 31.2 Å². The van der Waals surface area contributed by atoms with Crippen LogP contribution in [0.15, 0.2) is 42.5 Å². The highest BCUT2D eigenvalue weighted by Crippen LogP contribution is 2.34. The molecule has 2 aromatic rings. The molecule has 1 unspecified atom stereocenters. The first kappa shape index (κ1) is 20.1. The standard InChI is InChI=1S/C20H21N3O6/c1-13-19(24)22(17-9-8-16(28-2)12-18(17)29-3)11-10-21(13)20(25)14-4-6-15(7-5-14)23(26)27/h4-9,12-13H,10-11H2,1-3H3. The molecule has 3 rings (SSSR count). The lowest BCUT2D eigenvalue weighted by Crippen LogP contribution is -2.57. The maximum Gasteiger partial charge on any atom is 0.269 e. The van der Waals surface area contributed by atoms with Crippen molar-refractivity contribution in [1.29, 1.82) is 0 Å². The molecule has 0 N–H and O–H groups in total. The summed E-state index contributed by atoms with van der Waals surface area (Å²) in [4.78, 5) is 39.1. The van der Waals surface area contributed by atoms with Crippen molar-refractivity contribution in [2.75, 3.05) is 32.2 Å². The van der Waals surface area contributed by atoms with Gasteiger partial charge >= 0.3 is 0 Å². The van der Waals surface area contributed by atoms with Gasteiger partial charge in [0.1, 0.15) is 17.5 Å². The van der Waals surface area contributed by atoms with Crippen LogP contribution in [0.1, 0.15) is 17.3 Å². The van der Waals surface area contributed by atoms with Crippen molar-refractivity contribution in [3.63, 3.8) is 0 Å². The number of methoxy groups -OCH3 is 2. The lowest BCUT2D eigenvalue weighted by molar-refractivity contribution is -0.384. The van der Waals surface area contributed by atoms with Gasteiger partial charge in [-0.3, -0.25) is 19.7 Å². The van der Waals surface area contributed by atoms with Crippen LogP contribution in [0.2, 0.25) is 0 Å². The number of nitro benzene ring substituents is 1. The van der Waals surface area contributed by atoms with Crippen molar-refractivity contribution in [3.05, 3.63) is 58.1 Å². The average Bonchev–Trinajstić information content (AvgIpc) is 2.74. The third-order valence-corrected chi connectivity index (χ3v) is 4.92. The number of non-ortho nitro benzene ring substituents is 1. The van der Waals surface area contributed by atoms with Gasteiger partial charge in [0.15, 0.2) is 0 Å². The van der Waals surface area contributed by atoms with Gasteiger partial charge in [-0.15, -0.1) is 0 Å². The summed E-state index contributed by atoms with van der Waals surface area (Å²) in [7, 11) is 3.06. The fourth-order valence-electron chi connectivity index (χ4n) is 3.29. The smallest absolute Gasteiger partial charge is 0.269 e. The number of carbonyl (C=O) groups is 2. The Morgan fingerprint density at radius 2 is 1.79 bits per heavy atom. The van der Waals surface area contributed by atoms with Crippen LogP contribution in [-0.2, 0) is 4.79 Å². The Bertz CT molecular complexity index is 944. The Kier molecular flexibility index (Phi) is 5.67. The van der Waals surface area contributed by atoms with E-state index in [1.807, 2.05) is 0 Å². The molecule has 1 heterocycles. The SMILES string of the molecule is COc1ccc(N2CCN(C(=O)c3ccc([N+](=O)[O-])cc3)C(C)C2=O)c(OC)c1. The molecule has 0 aromatic heterocycles. The van der Waals surface area contributed by atoms with Crippen molar-refractivity contribution in [2.45, 2.75) is 13.0 Å². The predicted octanol–water partition coefficient (Wildman–Crippen LogP) is 2.49. The monoisotopic (exact) mass is 399 g/mol. The summed E-state index contributed by atoms with van der Waals surface area (Å²) in [6, 6.07) is 9.84. The minimum atomic E-state index is -0.696. The third-order valence-electron chi connectivity index (χ3n) is 4.92. The molecule has 9 heteroatoms. The van der Waals surface area contributed by atoms with Gasteiger partial charge in [-0.25, -0.2) is 0 Å². The van der Waals surface area contributed by atoms with E-state index < -0.39 is 11.0 Å². The summed E-state index contributed by atoms with van der Waals surface area (Å²) in [6.45, 7) is 2.27. The predicted molar refractivity (Wildman–Crippen MR) is 105 cm³/mol. The first-order valence-electron chi connectivity index (χ1n) is 8.96. The molecule has 1 atom stereocenters. The fraction of sp³-hybridized carbons (Fsp3) is 0.300. The number of nitro groups is 1. The Morgan fingerprint density at radius 3 is 2.38 bits per heavy atom. The fourth-order valence-corrected chi connectivity index (χ4v) is 3.29. The first-order valence-corrected chi connectivity index (χ1v) is 8.96. The van der Waals surface area contributed by atoms with Crippen LogP contribution in [0.25, 0.3) is 0 Å². The highest BCUT2D eigenvalue weighted by Gasteiger charge is 2.36. The second kappa shape index (κ2) is 8.17. The van der Waals surface area contributed by atoms with E-state index >= 15 is 0 Å². The molecule has 0 aliphatic carbocycles. The van der Waals surface area contributed by atoms with Crippen molar-refractivity contribution in [1.82, 2.24) is 4.90 Å².